The Morgan fingerprint density at radius 1 is 1.21 bits per heavy atom. The maximum absolute atomic E-state index is 12.8. The molecule has 146 valence electrons. The number of rotatable bonds is 8. The van der Waals surface area contributed by atoms with Crippen molar-refractivity contribution in [2.45, 2.75) is 19.8 Å². The summed E-state index contributed by atoms with van der Waals surface area (Å²) in [5.74, 6) is 0.812. The van der Waals surface area contributed by atoms with E-state index >= 15 is 0 Å². The van der Waals surface area contributed by atoms with Crippen LogP contribution < -0.4 is 14.8 Å². The first-order valence-corrected chi connectivity index (χ1v) is 9.27. The highest BCUT2D eigenvalue weighted by Gasteiger charge is 2.14. The van der Waals surface area contributed by atoms with Crippen molar-refractivity contribution in [2.75, 3.05) is 19.0 Å². The second-order valence-electron chi connectivity index (χ2n) is 6.02. The van der Waals surface area contributed by atoms with Gasteiger partial charge in [-0.2, -0.15) is 5.10 Å². The van der Waals surface area contributed by atoms with Crippen molar-refractivity contribution in [2.24, 2.45) is 0 Å². The fourth-order valence-electron chi connectivity index (χ4n) is 2.59. The number of nitrogens with one attached hydrogen (secondary N) is 1. The summed E-state index contributed by atoms with van der Waals surface area (Å²) in [4.78, 5) is 16.7. The molecule has 1 aromatic heterocycles. The van der Waals surface area contributed by atoms with Crippen LogP contribution in [-0.4, -0.2) is 34.4 Å². The number of aromatic nitrogens is 3. The molecule has 3 aromatic rings. The Morgan fingerprint density at radius 3 is 2.79 bits per heavy atom. The number of methoxy groups -OCH3 is 1. The van der Waals surface area contributed by atoms with Crippen LogP contribution in [0.15, 0.2) is 49.1 Å². The molecule has 1 amide bonds. The Labute approximate surface area is 168 Å². The summed E-state index contributed by atoms with van der Waals surface area (Å²) in [5, 5.41) is 7.47. The smallest absolute Gasteiger partial charge is 0.255 e. The molecule has 28 heavy (non-hydrogen) atoms. The summed E-state index contributed by atoms with van der Waals surface area (Å²) in [6.45, 7) is 2.69. The van der Waals surface area contributed by atoms with E-state index in [-0.39, 0.29) is 5.91 Å². The molecule has 0 bridgehead atoms. The van der Waals surface area contributed by atoms with Gasteiger partial charge < -0.3 is 14.8 Å². The van der Waals surface area contributed by atoms with Gasteiger partial charge in [-0.15, -0.1) is 0 Å². The normalized spacial score (nSPS) is 10.5. The van der Waals surface area contributed by atoms with E-state index in [4.69, 9.17) is 21.1 Å². The number of nitrogens with zero attached hydrogens (tertiary/aromatic N) is 3. The van der Waals surface area contributed by atoms with E-state index in [0.29, 0.717) is 40.1 Å². The summed E-state index contributed by atoms with van der Waals surface area (Å²) in [7, 11) is 1.55. The van der Waals surface area contributed by atoms with Crippen LogP contribution in [0.5, 0.6) is 11.5 Å². The van der Waals surface area contributed by atoms with Gasteiger partial charge in [-0.05, 0) is 42.8 Å². The fraction of sp³-hybridized carbons (Fsp3) is 0.250. The number of hydrogen-bond donors (Lipinski definition) is 1. The fourth-order valence-corrected chi connectivity index (χ4v) is 2.76. The molecule has 1 heterocycles. The standard InChI is InChI=1S/C20H21ClN4O3/c1-3-4-9-28-18-8-5-14(10-19(18)27-2)20(26)24-16-11-15(21)6-7-17(16)25-13-22-12-23-25/h5-8,10-13H,3-4,9H2,1-2H3,(H,24,26). The molecule has 8 heteroatoms. The lowest BCUT2D eigenvalue weighted by atomic mass is 10.1. The lowest BCUT2D eigenvalue weighted by Crippen LogP contribution is -2.14. The second-order valence-corrected chi connectivity index (χ2v) is 6.46. The Morgan fingerprint density at radius 2 is 2.07 bits per heavy atom. The van der Waals surface area contributed by atoms with E-state index in [1.165, 1.54) is 6.33 Å². The summed E-state index contributed by atoms with van der Waals surface area (Å²) in [5.41, 5.74) is 1.61. The summed E-state index contributed by atoms with van der Waals surface area (Å²) >= 11 is 6.10. The average molecular weight is 401 g/mol. The number of anilines is 1. The highest BCUT2D eigenvalue weighted by Crippen LogP contribution is 2.29. The van der Waals surface area contributed by atoms with Gasteiger partial charge in [-0.25, -0.2) is 9.67 Å². The molecular formula is C20H21ClN4O3. The molecule has 0 saturated carbocycles. The van der Waals surface area contributed by atoms with Gasteiger partial charge in [0.15, 0.2) is 11.5 Å². The minimum absolute atomic E-state index is 0.304. The minimum Gasteiger partial charge on any atom is -0.493 e. The number of ether oxygens (including phenoxy) is 2. The number of halogens is 1. The molecule has 2 aromatic carbocycles. The zero-order valence-corrected chi connectivity index (χ0v) is 16.4. The zero-order valence-electron chi connectivity index (χ0n) is 15.7. The molecular weight excluding hydrogens is 380 g/mol. The number of carbonyl (C=O) groups excluding carboxylic acids is 1. The first-order valence-electron chi connectivity index (χ1n) is 8.89. The molecule has 0 spiro atoms. The van der Waals surface area contributed by atoms with E-state index in [1.807, 2.05) is 0 Å². The third-order valence-corrected chi connectivity index (χ3v) is 4.29. The predicted molar refractivity (Wildman–Crippen MR) is 108 cm³/mol. The first kappa shape index (κ1) is 19.7. The van der Waals surface area contributed by atoms with Crippen molar-refractivity contribution in [3.63, 3.8) is 0 Å². The number of hydrogen-bond acceptors (Lipinski definition) is 5. The lowest BCUT2D eigenvalue weighted by molar-refractivity contribution is 0.102. The van der Waals surface area contributed by atoms with Crippen LogP contribution in [-0.2, 0) is 0 Å². The molecule has 0 aliphatic heterocycles. The summed E-state index contributed by atoms with van der Waals surface area (Å²) < 4.78 is 12.6. The van der Waals surface area contributed by atoms with E-state index in [0.717, 1.165) is 12.8 Å². The monoisotopic (exact) mass is 400 g/mol. The molecule has 0 radical (unpaired) electrons. The van der Waals surface area contributed by atoms with Crippen molar-refractivity contribution < 1.29 is 14.3 Å². The van der Waals surface area contributed by atoms with E-state index in [1.54, 1.807) is 54.5 Å². The summed E-state index contributed by atoms with van der Waals surface area (Å²) in [6.07, 6.45) is 4.95. The SMILES string of the molecule is CCCCOc1ccc(C(=O)Nc2cc(Cl)ccc2-n2cncn2)cc1OC. The van der Waals surface area contributed by atoms with Gasteiger partial charge in [0.25, 0.3) is 5.91 Å². The zero-order chi connectivity index (χ0) is 19.9. The number of amides is 1. The molecule has 7 nitrogen and oxygen atoms in total. The average Bonchev–Trinajstić information content (AvgIpc) is 3.23. The number of carbonyl (C=O) groups is 1. The van der Waals surface area contributed by atoms with Crippen molar-refractivity contribution >= 4 is 23.2 Å². The quantitative estimate of drug-likeness (QED) is 0.568. The maximum Gasteiger partial charge on any atom is 0.255 e. The van der Waals surface area contributed by atoms with Crippen LogP contribution in [0.25, 0.3) is 5.69 Å². The van der Waals surface area contributed by atoms with Crippen LogP contribution in [0.2, 0.25) is 5.02 Å². The topological polar surface area (TPSA) is 78.3 Å². The van der Waals surface area contributed by atoms with Gasteiger partial charge in [-0.3, -0.25) is 4.79 Å². The predicted octanol–water partition coefficient (Wildman–Crippen LogP) is 4.36. The third kappa shape index (κ3) is 4.61. The van der Waals surface area contributed by atoms with E-state index in [2.05, 4.69) is 22.3 Å². The second kappa shape index (κ2) is 9.23. The minimum atomic E-state index is -0.304. The summed E-state index contributed by atoms with van der Waals surface area (Å²) in [6, 6.07) is 10.2. The lowest BCUT2D eigenvalue weighted by Gasteiger charge is -2.14. The Kier molecular flexibility index (Phi) is 6.49. The molecule has 3 rings (SSSR count). The number of unbranched alkanes of at least 4 members (excludes halogenated alkanes) is 1. The van der Waals surface area contributed by atoms with Crippen molar-refractivity contribution in [3.05, 3.63) is 59.6 Å². The van der Waals surface area contributed by atoms with Gasteiger partial charge in [-0.1, -0.05) is 24.9 Å². The first-order chi connectivity index (χ1) is 13.6. The van der Waals surface area contributed by atoms with Crippen LogP contribution in [0.3, 0.4) is 0 Å². The number of benzene rings is 2. The molecule has 0 unspecified atom stereocenters. The van der Waals surface area contributed by atoms with Crippen LogP contribution in [0.1, 0.15) is 30.1 Å². The molecule has 1 N–H and O–H groups in total. The third-order valence-electron chi connectivity index (χ3n) is 4.05. The molecule has 0 atom stereocenters. The Hall–Kier alpha value is -3.06. The highest BCUT2D eigenvalue weighted by atomic mass is 35.5. The van der Waals surface area contributed by atoms with Gasteiger partial charge in [0.05, 0.1) is 25.1 Å². The highest BCUT2D eigenvalue weighted by molar-refractivity contribution is 6.31. The molecule has 0 saturated heterocycles. The maximum atomic E-state index is 12.8. The van der Waals surface area contributed by atoms with Crippen molar-refractivity contribution in [1.29, 1.82) is 0 Å². The Balaban J connectivity index is 1.83. The van der Waals surface area contributed by atoms with Gasteiger partial charge in [0.2, 0.25) is 0 Å². The van der Waals surface area contributed by atoms with Crippen molar-refractivity contribution in [1.82, 2.24) is 14.8 Å². The Bertz CT molecular complexity index is 945. The molecule has 0 aliphatic rings. The van der Waals surface area contributed by atoms with Gasteiger partial charge in [0, 0.05) is 10.6 Å². The van der Waals surface area contributed by atoms with Gasteiger partial charge in [0.1, 0.15) is 12.7 Å². The van der Waals surface area contributed by atoms with Gasteiger partial charge >= 0.3 is 0 Å². The van der Waals surface area contributed by atoms with Crippen LogP contribution in [0, 0.1) is 0 Å². The molecule has 0 aliphatic carbocycles. The van der Waals surface area contributed by atoms with E-state index < -0.39 is 0 Å². The van der Waals surface area contributed by atoms with E-state index in [9.17, 15) is 4.79 Å². The largest absolute Gasteiger partial charge is 0.493 e. The molecule has 0 fully saturated rings. The van der Waals surface area contributed by atoms with Crippen LogP contribution in [0.4, 0.5) is 5.69 Å². The van der Waals surface area contributed by atoms with Crippen LogP contribution >= 0.6 is 11.6 Å². The van der Waals surface area contributed by atoms with Crippen molar-refractivity contribution in [3.8, 4) is 17.2 Å².